The molecule has 0 atom stereocenters. The van der Waals surface area contributed by atoms with E-state index in [0.29, 0.717) is 10.8 Å². The minimum Gasteiger partial charge on any atom is -0.384 e. The van der Waals surface area contributed by atoms with Crippen molar-refractivity contribution in [1.82, 2.24) is 10.3 Å². The van der Waals surface area contributed by atoms with Crippen LogP contribution in [0.1, 0.15) is 43.1 Å². The molecule has 18 heavy (non-hydrogen) atoms. The molecule has 2 rings (SSSR count). The van der Waals surface area contributed by atoms with Gasteiger partial charge in [-0.2, -0.15) is 0 Å². The van der Waals surface area contributed by atoms with Gasteiger partial charge in [0.25, 0.3) is 5.91 Å². The topological polar surface area (TPSA) is 68.0 Å². The number of carbonyl (C=O) groups excluding carboxylic acids is 1. The minimum atomic E-state index is -0.230. The number of nitrogens with zero attached hydrogens (tertiary/aromatic N) is 1. The van der Waals surface area contributed by atoms with Crippen LogP contribution in [0.25, 0.3) is 0 Å². The van der Waals surface area contributed by atoms with Gasteiger partial charge in [-0.15, -0.1) is 0 Å². The summed E-state index contributed by atoms with van der Waals surface area (Å²) >= 11 is 5.95. The highest BCUT2D eigenvalue weighted by molar-refractivity contribution is 6.33. The third-order valence-electron chi connectivity index (χ3n) is 3.43. The number of nitrogens with one attached hydrogen (secondary N) is 1. The second-order valence-electron chi connectivity index (χ2n) is 5.00. The number of carbonyl (C=O) groups is 1. The molecule has 3 N–H and O–H groups in total. The van der Waals surface area contributed by atoms with E-state index in [9.17, 15) is 4.79 Å². The molecule has 0 bridgehead atoms. The molecule has 0 unspecified atom stereocenters. The van der Waals surface area contributed by atoms with Gasteiger partial charge in [-0.1, -0.05) is 18.5 Å². The molecule has 0 saturated heterocycles. The molecule has 1 amide bonds. The van der Waals surface area contributed by atoms with Crippen molar-refractivity contribution in [3.63, 3.8) is 0 Å². The predicted molar refractivity (Wildman–Crippen MR) is 72.5 cm³/mol. The van der Waals surface area contributed by atoms with E-state index < -0.39 is 0 Å². The quantitative estimate of drug-likeness (QED) is 0.866. The van der Waals surface area contributed by atoms with E-state index in [1.807, 2.05) is 0 Å². The minimum absolute atomic E-state index is 0.218. The lowest BCUT2D eigenvalue weighted by Gasteiger charge is -2.26. The summed E-state index contributed by atoms with van der Waals surface area (Å²) in [6.07, 6.45) is 4.35. The highest BCUT2D eigenvalue weighted by atomic mass is 35.5. The summed E-state index contributed by atoms with van der Waals surface area (Å²) < 4.78 is 0. The number of nitrogen functional groups attached to an aromatic ring is 1. The van der Waals surface area contributed by atoms with Crippen LogP contribution in [-0.4, -0.2) is 16.9 Å². The Hall–Kier alpha value is -1.29. The smallest absolute Gasteiger partial charge is 0.271 e. The molecular formula is C13H18ClN3O. The van der Waals surface area contributed by atoms with Gasteiger partial charge in [0.1, 0.15) is 11.5 Å². The summed E-state index contributed by atoms with van der Waals surface area (Å²) in [7, 11) is 0. The fourth-order valence-corrected chi connectivity index (χ4v) is 2.47. The van der Waals surface area contributed by atoms with Crippen LogP contribution in [0.3, 0.4) is 0 Å². The zero-order valence-electron chi connectivity index (χ0n) is 10.4. The van der Waals surface area contributed by atoms with Crippen molar-refractivity contribution in [2.24, 2.45) is 5.92 Å². The van der Waals surface area contributed by atoms with Crippen molar-refractivity contribution in [3.05, 3.63) is 22.8 Å². The molecule has 1 saturated carbocycles. The number of rotatable bonds is 2. The number of hydrogen-bond acceptors (Lipinski definition) is 3. The SMILES string of the molecule is CC1CCC(NC(=O)c2nc(N)ccc2Cl)CC1. The van der Waals surface area contributed by atoms with Crippen LogP contribution in [0.15, 0.2) is 12.1 Å². The second-order valence-corrected chi connectivity index (χ2v) is 5.40. The largest absolute Gasteiger partial charge is 0.384 e. The average Bonchev–Trinajstić information content (AvgIpc) is 2.35. The fourth-order valence-electron chi connectivity index (χ4n) is 2.27. The Kier molecular flexibility index (Phi) is 4.07. The zero-order valence-corrected chi connectivity index (χ0v) is 11.2. The first-order valence-corrected chi connectivity index (χ1v) is 6.67. The molecule has 0 radical (unpaired) electrons. The van der Waals surface area contributed by atoms with E-state index in [1.54, 1.807) is 12.1 Å². The Balaban J connectivity index is 2.01. The molecule has 1 aromatic heterocycles. The van der Waals surface area contributed by atoms with Crippen LogP contribution in [0, 0.1) is 5.92 Å². The molecule has 4 nitrogen and oxygen atoms in total. The number of hydrogen-bond donors (Lipinski definition) is 2. The Morgan fingerprint density at radius 1 is 1.39 bits per heavy atom. The van der Waals surface area contributed by atoms with Crippen LogP contribution in [0.4, 0.5) is 5.82 Å². The lowest BCUT2D eigenvalue weighted by atomic mass is 9.87. The summed E-state index contributed by atoms with van der Waals surface area (Å²) in [6, 6.07) is 3.41. The van der Waals surface area contributed by atoms with Crippen LogP contribution >= 0.6 is 11.6 Å². The van der Waals surface area contributed by atoms with Gasteiger partial charge < -0.3 is 11.1 Å². The maximum atomic E-state index is 12.1. The highest BCUT2D eigenvalue weighted by Gasteiger charge is 2.21. The lowest BCUT2D eigenvalue weighted by Crippen LogP contribution is -2.37. The molecule has 0 aliphatic heterocycles. The number of amides is 1. The summed E-state index contributed by atoms with van der Waals surface area (Å²) in [5, 5.41) is 3.32. The van der Waals surface area contributed by atoms with Crippen LogP contribution in [0.2, 0.25) is 5.02 Å². The van der Waals surface area contributed by atoms with Gasteiger partial charge >= 0.3 is 0 Å². The Bertz CT molecular complexity index is 442. The third-order valence-corrected chi connectivity index (χ3v) is 3.74. The summed E-state index contributed by atoms with van der Waals surface area (Å²) in [4.78, 5) is 16.0. The number of anilines is 1. The summed E-state index contributed by atoms with van der Waals surface area (Å²) in [6.45, 7) is 2.24. The van der Waals surface area contributed by atoms with Gasteiger partial charge in [-0.05, 0) is 43.7 Å². The molecule has 1 aliphatic carbocycles. The van der Waals surface area contributed by atoms with Crippen molar-refractivity contribution < 1.29 is 4.79 Å². The molecular weight excluding hydrogens is 250 g/mol. The van der Waals surface area contributed by atoms with Gasteiger partial charge in [-0.25, -0.2) is 4.98 Å². The monoisotopic (exact) mass is 267 g/mol. The van der Waals surface area contributed by atoms with Gasteiger partial charge in [-0.3, -0.25) is 4.79 Å². The van der Waals surface area contributed by atoms with E-state index in [2.05, 4.69) is 17.2 Å². The zero-order chi connectivity index (χ0) is 13.1. The van der Waals surface area contributed by atoms with E-state index in [1.165, 1.54) is 0 Å². The van der Waals surface area contributed by atoms with Gasteiger partial charge in [0.2, 0.25) is 0 Å². The predicted octanol–water partition coefficient (Wildman–Crippen LogP) is 2.63. The number of aromatic nitrogens is 1. The molecule has 0 spiro atoms. The standard InChI is InChI=1S/C13H18ClN3O/c1-8-2-4-9(5-3-8)16-13(18)12-10(14)6-7-11(15)17-12/h6-9H,2-5H2,1H3,(H2,15,17)(H,16,18). The maximum Gasteiger partial charge on any atom is 0.271 e. The molecule has 1 aromatic rings. The van der Waals surface area contributed by atoms with Crippen LogP contribution < -0.4 is 11.1 Å². The highest BCUT2D eigenvalue weighted by Crippen LogP contribution is 2.24. The molecule has 0 aromatic carbocycles. The normalized spacial score (nSPS) is 23.7. The van der Waals surface area contributed by atoms with E-state index in [-0.39, 0.29) is 17.6 Å². The summed E-state index contributed by atoms with van der Waals surface area (Å²) in [5.41, 5.74) is 5.78. The Labute approximate surface area is 112 Å². The van der Waals surface area contributed by atoms with E-state index >= 15 is 0 Å². The van der Waals surface area contributed by atoms with Crippen LogP contribution in [-0.2, 0) is 0 Å². The number of nitrogens with two attached hydrogens (primary N) is 1. The first kappa shape index (κ1) is 13.1. The van der Waals surface area contributed by atoms with Crippen molar-refractivity contribution in [1.29, 1.82) is 0 Å². The Morgan fingerprint density at radius 3 is 2.72 bits per heavy atom. The van der Waals surface area contributed by atoms with Gasteiger partial charge in [0, 0.05) is 6.04 Å². The number of pyridine rings is 1. The molecule has 1 heterocycles. The lowest BCUT2D eigenvalue weighted by molar-refractivity contribution is 0.0918. The average molecular weight is 268 g/mol. The number of halogens is 1. The van der Waals surface area contributed by atoms with Gasteiger partial charge in [0.05, 0.1) is 5.02 Å². The molecule has 1 aliphatic rings. The van der Waals surface area contributed by atoms with E-state index in [4.69, 9.17) is 17.3 Å². The Morgan fingerprint density at radius 2 is 2.06 bits per heavy atom. The van der Waals surface area contributed by atoms with Crippen molar-refractivity contribution in [2.45, 2.75) is 38.6 Å². The van der Waals surface area contributed by atoms with Crippen molar-refractivity contribution in [3.8, 4) is 0 Å². The third kappa shape index (κ3) is 3.13. The fraction of sp³-hybridized carbons (Fsp3) is 0.538. The van der Waals surface area contributed by atoms with Crippen molar-refractivity contribution in [2.75, 3.05) is 5.73 Å². The first-order chi connectivity index (χ1) is 8.56. The summed E-state index contributed by atoms with van der Waals surface area (Å²) in [5.74, 6) is 0.834. The van der Waals surface area contributed by atoms with Crippen molar-refractivity contribution >= 4 is 23.3 Å². The second kappa shape index (κ2) is 5.57. The molecule has 98 valence electrons. The van der Waals surface area contributed by atoms with Gasteiger partial charge in [0.15, 0.2) is 0 Å². The first-order valence-electron chi connectivity index (χ1n) is 6.29. The van der Waals surface area contributed by atoms with Crippen LogP contribution in [0.5, 0.6) is 0 Å². The molecule has 1 fully saturated rings. The molecule has 5 heteroatoms. The maximum absolute atomic E-state index is 12.1. The van der Waals surface area contributed by atoms with E-state index in [0.717, 1.165) is 31.6 Å².